The van der Waals surface area contributed by atoms with Crippen molar-refractivity contribution in [1.82, 2.24) is 4.72 Å². The molecule has 0 aliphatic heterocycles. The monoisotopic (exact) mass is 316 g/mol. The van der Waals surface area contributed by atoms with E-state index in [9.17, 15) is 13.5 Å². The summed E-state index contributed by atoms with van der Waals surface area (Å²) in [6, 6.07) is 5.90. The molecular formula is C13H17ClN2O3S. The number of nitriles is 1. The molecule has 7 heteroatoms. The quantitative estimate of drug-likeness (QED) is 0.840. The lowest BCUT2D eigenvalue weighted by atomic mass is 9.96. The van der Waals surface area contributed by atoms with Crippen LogP contribution in [0.3, 0.4) is 0 Å². The summed E-state index contributed by atoms with van der Waals surface area (Å²) in [5, 5.41) is 18.3. The lowest BCUT2D eigenvalue weighted by molar-refractivity contribution is 0.172. The van der Waals surface area contributed by atoms with E-state index in [0.29, 0.717) is 12.8 Å². The SMILES string of the molecule is CCC(CC)(CO)NS(=O)(=O)c1cc(C#N)ccc1Cl. The second-order valence-corrected chi connectivity index (χ2v) is 6.57. The van der Waals surface area contributed by atoms with E-state index in [4.69, 9.17) is 16.9 Å². The van der Waals surface area contributed by atoms with E-state index in [1.807, 2.05) is 6.07 Å². The van der Waals surface area contributed by atoms with E-state index < -0.39 is 15.6 Å². The van der Waals surface area contributed by atoms with Gasteiger partial charge in [0.1, 0.15) is 4.90 Å². The van der Waals surface area contributed by atoms with Gasteiger partial charge in [0.15, 0.2) is 0 Å². The van der Waals surface area contributed by atoms with Gasteiger partial charge in [-0.25, -0.2) is 13.1 Å². The Hall–Kier alpha value is -1.13. The fourth-order valence-corrected chi connectivity index (χ4v) is 3.83. The largest absolute Gasteiger partial charge is 0.394 e. The van der Waals surface area contributed by atoms with Crippen LogP contribution in [-0.2, 0) is 10.0 Å². The number of aliphatic hydroxyl groups excluding tert-OH is 1. The summed E-state index contributed by atoms with van der Waals surface area (Å²) in [5.74, 6) is 0. The maximum absolute atomic E-state index is 12.4. The van der Waals surface area contributed by atoms with Crippen LogP contribution in [0, 0.1) is 11.3 Å². The lowest BCUT2D eigenvalue weighted by Gasteiger charge is -2.30. The average molecular weight is 317 g/mol. The van der Waals surface area contributed by atoms with Gasteiger partial charge in [0.25, 0.3) is 0 Å². The summed E-state index contributed by atoms with van der Waals surface area (Å²) in [5.41, 5.74) is -0.720. The Labute approximate surface area is 124 Å². The number of sulfonamides is 1. The summed E-state index contributed by atoms with van der Waals surface area (Å²) in [6.45, 7) is 3.26. The van der Waals surface area contributed by atoms with Crippen LogP contribution in [-0.4, -0.2) is 25.7 Å². The summed E-state index contributed by atoms with van der Waals surface area (Å²) >= 11 is 5.91. The first-order valence-corrected chi connectivity index (χ1v) is 8.04. The normalized spacial score (nSPS) is 12.2. The van der Waals surface area contributed by atoms with Gasteiger partial charge >= 0.3 is 0 Å². The molecule has 0 aliphatic rings. The number of halogens is 1. The molecule has 0 fully saturated rings. The third-order valence-electron chi connectivity index (χ3n) is 3.36. The molecule has 5 nitrogen and oxygen atoms in total. The van der Waals surface area contributed by atoms with Gasteiger partial charge in [-0.2, -0.15) is 5.26 Å². The first-order valence-electron chi connectivity index (χ1n) is 6.18. The predicted octanol–water partition coefficient (Wildman–Crippen LogP) is 2.04. The molecule has 1 rings (SSSR count). The van der Waals surface area contributed by atoms with E-state index in [1.165, 1.54) is 18.2 Å². The number of rotatable bonds is 6. The zero-order valence-electron chi connectivity index (χ0n) is 11.4. The van der Waals surface area contributed by atoms with Crippen LogP contribution in [0.25, 0.3) is 0 Å². The van der Waals surface area contributed by atoms with Crippen molar-refractivity contribution in [2.75, 3.05) is 6.61 Å². The minimum absolute atomic E-state index is 0.0375. The third-order valence-corrected chi connectivity index (χ3v) is 5.42. The van der Waals surface area contributed by atoms with E-state index in [-0.39, 0.29) is 22.1 Å². The van der Waals surface area contributed by atoms with Crippen LogP contribution < -0.4 is 4.72 Å². The van der Waals surface area contributed by atoms with Gasteiger partial charge < -0.3 is 5.11 Å². The van der Waals surface area contributed by atoms with Crippen molar-refractivity contribution in [3.8, 4) is 6.07 Å². The van der Waals surface area contributed by atoms with Crippen LogP contribution in [0.4, 0.5) is 0 Å². The molecular weight excluding hydrogens is 300 g/mol. The van der Waals surface area contributed by atoms with Crippen molar-refractivity contribution in [1.29, 1.82) is 5.26 Å². The van der Waals surface area contributed by atoms with Crippen LogP contribution >= 0.6 is 11.6 Å². The molecule has 2 N–H and O–H groups in total. The second kappa shape index (κ2) is 6.55. The van der Waals surface area contributed by atoms with Crippen molar-refractivity contribution in [3.63, 3.8) is 0 Å². The number of aliphatic hydroxyl groups is 1. The molecule has 1 aromatic carbocycles. The molecule has 0 aromatic heterocycles. The molecule has 0 saturated carbocycles. The maximum atomic E-state index is 12.4. The first-order chi connectivity index (χ1) is 9.34. The van der Waals surface area contributed by atoms with Gasteiger partial charge in [0, 0.05) is 0 Å². The highest BCUT2D eigenvalue weighted by Gasteiger charge is 2.32. The van der Waals surface area contributed by atoms with Crippen LogP contribution in [0.5, 0.6) is 0 Å². The minimum atomic E-state index is -3.91. The van der Waals surface area contributed by atoms with E-state index in [2.05, 4.69) is 4.72 Å². The van der Waals surface area contributed by atoms with Crippen LogP contribution in [0.2, 0.25) is 5.02 Å². The zero-order chi connectivity index (χ0) is 15.4. The standard InChI is InChI=1S/C13H17ClN2O3S/c1-3-13(4-2,9-17)16-20(18,19)12-7-10(8-15)5-6-11(12)14/h5-7,16-17H,3-4,9H2,1-2H3. The Morgan fingerprint density at radius 3 is 2.45 bits per heavy atom. The fraction of sp³-hybridized carbons (Fsp3) is 0.462. The fourth-order valence-electron chi connectivity index (χ4n) is 1.77. The second-order valence-electron chi connectivity index (χ2n) is 4.51. The number of nitrogens with one attached hydrogen (secondary N) is 1. The van der Waals surface area contributed by atoms with Crippen LogP contribution in [0.15, 0.2) is 23.1 Å². The average Bonchev–Trinajstić information content (AvgIpc) is 2.45. The molecule has 0 atom stereocenters. The van der Waals surface area contributed by atoms with Gasteiger partial charge in [-0.05, 0) is 31.0 Å². The molecule has 0 amide bonds. The minimum Gasteiger partial charge on any atom is -0.394 e. The highest BCUT2D eigenvalue weighted by molar-refractivity contribution is 7.89. The predicted molar refractivity (Wildman–Crippen MR) is 76.9 cm³/mol. The Morgan fingerprint density at radius 2 is 2.00 bits per heavy atom. The highest BCUT2D eigenvalue weighted by atomic mass is 35.5. The Kier molecular flexibility index (Phi) is 5.54. The van der Waals surface area contributed by atoms with Gasteiger partial charge in [0.2, 0.25) is 10.0 Å². The molecule has 0 bridgehead atoms. The smallest absolute Gasteiger partial charge is 0.242 e. The van der Waals surface area contributed by atoms with E-state index in [1.54, 1.807) is 13.8 Å². The Morgan fingerprint density at radius 1 is 1.40 bits per heavy atom. The Balaban J connectivity index is 3.28. The summed E-state index contributed by atoms with van der Waals surface area (Å²) in [4.78, 5) is -0.155. The lowest BCUT2D eigenvalue weighted by Crippen LogP contribution is -2.50. The first kappa shape index (κ1) is 16.9. The van der Waals surface area contributed by atoms with Gasteiger partial charge in [0.05, 0.1) is 28.8 Å². The van der Waals surface area contributed by atoms with Crippen molar-refractivity contribution in [2.24, 2.45) is 0 Å². The Bertz CT molecular complexity index is 611. The molecule has 0 heterocycles. The van der Waals surface area contributed by atoms with Crippen LogP contribution in [0.1, 0.15) is 32.3 Å². The molecule has 110 valence electrons. The van der Waals surface area contributed by atoms with E-state index in [0.717, 1.165) is 0 Å². The zero-order valence-corrected chi connectivity index (χ0v) is 12.9. The maximum Gasteiger partial charge on any atom is 0.242 e. The molecule has 0 radical (unpaired) electrons. The number of hydrogen-bond acceptors (Lipinski definition) is 4. The van der Waals surface area contributed by atoms with Gasteiger partial charge in [-0.3, -0.25) is 0 Å². The van der Waals surface area contributed by atoms with Gasteiger partial charge in [-0.1, -0.05) is 25.4 Å². The number of hydrogen-bond donors (Lipinski definition) is 2. The van der Waals surface area contributed by atoms with Crippen molar-refractivity contribution >= 4 is 21.6 Å². The summed E-state index contributed by atoms with van der Waals surface area (Å²) in [7, 11) is -3.91. The molecule has 0 spiro atoms. The van der Waals surface area contributed by atoms with Gasteiger partial charge in [-0.15, -0.1) is 0 Å². The highest BCUT2D eigenvalue weighted by Crippen LogP contribution is 2.25. The topological polar surface area (TPSA) is 90.2 Å². The number of nitrogens with zero attached hydrogens (tertiary/aromatic N) is 1. The van der Waals surface area contributed by atoms with Crippen molar-refractivity contribution < 1.29 is 13.5 Å². The molecule has 0 aliphatic carbocycles. The van der Waals surface area contributed by atoms with E-state index >= 15 is 0 Å². The molecule has 1 aromatic rings. The summed E-state index contributed by atoms with van der Waals surface area (Å²) in [6.07, 6.45) is 0.879. The van der Waals surface area contributed by atoms with Crippen molar-refractivity contribution in [2.45, 2.75) is 37.1 Å². The third kappa shape index (κ3) is 3.49. The molecule has 20 heavy (non-hydrogen) atoms. The molecule has 0 unspecified atom stereocenters. The molecule has 0 saturated heterocycles. The van der Waals surface area contributed by atoms with Crippen molar-refractivity contribution in [3.05, 3.63) is 28.8 Å². The number of benzene rings is 1. The summed E-state index contributed by atoms with van der Waals surface area (Å²) < 4.78 is 27.3.